The van der Waals surface area contributed by atoms with Gasteiger partial charge in [0.15, 0.2) is 11.5 Å². The first-order valence-electron chi connectivity index (χ1n) is 9.10. The van der Waals surface area contributed by atoms with Crippen LogP contribution < -0.4 is 19.5 Å². The highest BCUT2D eigenvalue weighted by atomic mass is 19.3. The fourth-order valence-corrected chi connectivity index (χ4v) is 2.92. The maximum Gasteiger partial charge on any atom is 0.387 e. The molecule has 0 bridgehead atoms. The highest BCUT2D eigenvalue weighted by molar-refractivity contribution is 5.99. The fourth-order valence-electron chi connectivity index (χ4n) is 2.92. The summed E-state index contributed by atoms with van der Waals surface area (Å²) in [6.07, 6.45) is 0. The lowest BCUT2D eigenvalue weighted by Gasteiger charge is -2.12. The summed E-state index contributed by atoms with van der Waals surface area (Å²) in [5, 5.41) is 15.9. The summed E-state index contributed by atoms with van der Waals surface area (Å²) in [7, 11) is 1.17. The minimum Gasteiger partial charge on any atom is -0.493 e. The van der Waals surface area contributed by atoms with E-state index in [-0.39, 0.29) is 24.5 Å². The van der Waals surface area contributed by atoms with Gasteiger partial charge in [-0.15, -0.1) is 0 Å². The quantitative estimate of drug-likeness (QED) is 0.310. The van der Waals surface area contributed by atoms with Gasteiger partial charge in [-0.1, -0.05) is 30.3 Å². The molecular weight excluding hydrogens is 414 g/mol. The molecule has 0 fully saturated rings. The molecule has 3 aromatic rings. The SMILES string of the molecule is COc1cc(C(=O)NCCOc2ccc3ccccc3c2)c([N+](=O)[O-])cc1OC(F)F. The largest absolute Gasteiger partial charge is 0.493 e. The number of carbonyl (C=O) groups excluding carboxylic acids is 1. The Bertz CT molecular complexity index is 1110. The molecule has 1 amide bonds. The number of nitro benzene ring substituents is 1. The van der Waals surface area contributed by atoms with Gasteiger partial charge < -0.3 is 19.5 Å². The molecule has 0 spiro atoms. The molecule has 0 saturated heterocycles. The van der Waals surface area contributed by atoms with Gasteiger partial charge in [0, 0.05) is 6.07 Å². The molecule has 0 radical (unpaired) electrons. The number of nitrogens with zero attached hydrogens (tertiary/aromatic N) is 1. The third-order valence-electron chi connectivity index (χ3n) is 4.32. The van der Waals surface area contributed by atoms with Crippen molar-refractivity contribution in [1.82, 2.24) is 5.32 Å². The van der Waals surface area contributed by atoms with Gasteiger partial charge in [-0.05, 0) is 22.9 Å². The van der Waals surface area contributed by atoms with E-state index in [1.54, 1.807) is 6.07 Å². The van der Waals surface area contributed by atoms with Gasteiger partial charge in [0.05, 0.1) is 24.6 Å². The van der Waals surface area contributed by atoms with Gasteiger partial charge in [0.25, 0.3) is 11.6 Å². The fraction of sp³-hybridized carbons (Fsp3) is 0.190. The number of benzene rings is 3. The van der Waals surface area contributed by atoms with Crippen LogP contribution in [0.25, 0.3) is 10.8 Å². The topological polar surface area (TPSA) is 99.9 Å². The highest BCUT2D eigenvalue weighted by Crippen LogP contribution is 2.35. The van der Waals surface area contributed by atoms with Crippen molar-refractivity contribution in [2.45, 2.75) is 6.61 Å². The molecular formula is C21H18F2N2O6. The van der Waals surface area contributed by atoms with E-state index < -0.39 is 28.9 Å². The lowest BCUT2D eigenvalue weighted by molar-refractivity contribution is -0.385. The van der Waals surface area contributed by atoms with Crippen LogP contribution in [0, 0.1) is 10.1 Å². The third kappa shape index (κ3) is 5.35. The van der Waals surface area contributed by atoms with Crippen molar-refractivity contribution in [1.29, 1.82) is 0 Å². The Morgan fingerprint density at radius 3 is 2.52 bits per heavy atom. The molecule has 3 rings (SSSR count). The molecule has 10 heteroatoms. The summed E-state index contributed by atoms with van der Waals surface area (Å²) in [4.78, 5) is 22.9. The number of amides is 1. The molecule has 0 heterocycles. The maximum absolute atomic E-state index is 12.5. The molecule has 1 N–H and O–H groups in total. The van der Waals surface area contributed by atoms with Crippen LogP contribution in [0.4, 0.5) is 14.5 Å². The molecule has 0 aliphatic heterocycles. The average Bonchev–Trinajstić information content (AvgIpc) is 2.75. The monoisotopic (exact) mass is 432 g/mol. The summed E-state index contributed by atoms with van der Waals surface area (Å²) < 4.78 is 39.8. The number of rotatable bonds is 9. The van der Waals surface area contributed by atoms with Crippen LogP contribution in [0.15, 0.2) is 54.6 Å². The maximum atomic E-state index is 12.5. The van der Waals surface area contributed by atoms with Crippen LogP contribution in [0.1, 0.15) is 10.4 Å². The number of carbonyl (C=O) groups is 1. The van der Waals surface area contributed by atoms with Crippen LogP contribution in [0.3, 0.4) is 0 Å². The Hall–Kier alpha value is -3.95. The number of nitro groups is 1. The van der Waals surface area contributed by atoms with Crippen LogP contribution >= 0.6 is 0 Å². The molecule has 162 valence electrons. The van der Waals surface area contributed by atoms with Crippen molar-refractivity contribution < 1.29 is 32.7 Å². The Morgan fingerprint density at radius 2 is 1.84 bits per heavy atom. The Labute approximate surface area is 175 Å². The zero-order valence-corrected chi connectivity index (χ0v) is 16.3. The van der Waals surface area contributed by atoms with Crippen LogP contribution in [0.5, 0.6) is 17.2 Å². The average molecular weight is 432 g/mol. The lowest BCUT2D eigenvalue weighted by atomic mass is 10.1. The number of ether oxygens (including phenoxy) is 3. The third-order valence-corrected chi connectivity index (χ3v) is 4.32. The van der Waals surface area contributed by atoms with Crippen LogP contribution in [-0.2, 0) is 0 Å². The number of alkyl halides is 2. The number of methoxy groups -OCH3 is 1. The summed E-state index contributed by atoms with van der Waals surface area (Å²) in [5.41, 5.74) is -1.04. The normalized spacial score (nSPS) is 10.7. The van der Waals surface area contributed by atoms with Crippen molar-refractivity contribution in [3.63, 3.8) is 0 Å². The molecule has 0 aromatic heterocycles. The van der Waals surface area contributed by atoms with E-state index in [9.17, 15) is 23.7 Å². The first-order chi connectivity index (χ1) is 14.9. The van der Waals surface area contributed by atoms with E-state index in [4.69, 9.17) is 9.47 Å². The molecule has 0 atom stereocenters. The summed E-state index contributed by atoms with van der Waals surface area (Å²) in [6.45, 7) is -3.04. The highest BCUT2D eigenvalue weighted by Gasteiger charge is 2.25. The minimum atomic E-state index is -3.21. The smallest absolute Gasteiger partial charge is 0.387 e. The van der Waals surface area contributed by atoms with E-state index in [0.717, 1.165) is 22.9 Å². The van der Waals surface area contributed by atoms with Gasteiger partial charge in [0.2, 0.25) is 0 Å². The second-order valence-electron chi connectivity index (χ2n) is 6.27. The molecule has 3 aromatic carbocycles. The Balaban J connectivity index is 1.66. The van der Waals surface area contributed by atoms with Crippen molar-refractivity contribution in [2.24, 2.45) is 0 Å². The van der Waals surface area contributed by atoms with Crippen molar-refractivity contribution in [3.8, 4) is 17.2 Å². The van der Waals surface area contributed by atoms with Crippen molar-refractivity contribution in [2.75, 3.05) is 20.3 Å². The number of halogens is 2. The van der Waals surface area contributed by atoms with E-state index in [1.807, 2.05) is 36.4 Å². The van der Waals surface area contributed by atoms with Gasteiger partial charge in [-0.25, -0.2) is 0 Å². The standard InChI is InChI=1S/C21H18F2N2O6/c1-29-18-11-16(17(25(27)28)12-19(18)31-21(22)23)20(26)24-8-9-30-15-7-6-13-4-2-3-5-14(13)10-15/h2-7,10-12,21H,8-9H2,1H3,(H,24,26). The zero-order valence-electron chi connectivity index (χ0n) is 16.3. The van der Waals surface area contributed by atoms with Gasteiger partial charge in [0.1, 0.15) is 17.9 Å². The van der Waals surface area contributed by atoms with Crippen LogP contribution in [-0.4, -0.2) is 37.7 Å². The number of hydrogen-bond donors (Lipinski definition) is 1. The summed E-state index contributed by atoms with van der Waals surface area (Å²) in [6, 6.07) is 15.0. The molecule has 31 heavy (non-hydrogen) atoms. The van der Waals surface area contributed by atoms with Crippen molar-refractivity contribution in [3.05, 3.63) is 70.3 Å². The van der Waals surface area contributed by atoms with E-state index >= 15 is 0 Å². The van der Waals surface area contributed by atoms with E-state index in [1.165, 1.54) is 7.11 Å². The van der Waals surface area contributed by atoms with E-state index in [0.29, 0.717) is 5.75 Å². The van der Waals surface area contributed by atoms with E-state index in [2.05, 4.69) is 10.1 Å². The van der Waals surface area contributed by atoms with Gasteiger partial charge >= 0.3 is 6.61 Å². The summed E-state index contributed by atoms with van der Waals surface area (Å²) in [5.74, 6) is -0.950. The number of nitrogens with one attached hydrogen (secondary N) is 1. The zero-order chi connectivity index (χ0) is 22.4. The first kappa shape index (κ1) is 21.8. The van der Waals surface area contributed by atoms with Crippen molar-refractivity contribution >= 4 is 22.4 Å². The molecule has 0 aliphatic carbocycles. The predicted molar refractivity (Wildman–Crippen MR) is 108 cm³/mol. The Kier molecular flexibility index (Phi) is 6.81. The second-order valence-corrected chi connectivity index (χ2v) is 6.27. The lowest BCUT2D eigenvalue weighted by Crippen LogP contribution is -2.28. The molecule has 8 nitrogen and oxygen atoms in total. The second kappa shape index (κ2) is 9.70. The first-order valence-corrected chi connectivity index (χ1v) is 9.10. The Morgan fingerprint density at radius 1 is 1.10 bits per heavy atom. The number of fused-ring (bicyclic) bond motifs is 1. The number of hydrogen-bond acceptors (Lipinski definition) is 6. The molecule has 0 unspecified atom stereocenters. The van der Waals surface area contributed by atoms with Gasteiger partial charge in [-0.2, -0.15) is 8.78 Å². The van der Waals surface area contributed by atoms with Gasteiger partial charge in [-0.3, -0.25) is 14.9 Å². The molecule has 0 saturated carbocycles. The molecule has 0 aliphatic rings. The predicted octanol–water partition coefficient (Wildman–Crippen LogP) is 4.17. The minimum absolute atomic E-state index is 0.0560. The summed E-state index contributed by atoms with van der Waals surface area (Å²) >= 11 is 0. The van der Waals surface area contributed by atoms with Crippen LogP contribution in [0.2, 0.25) is 0 Å².